The summed E-state index contributed by atoms with van der Waals surface area (Å²) >= 11 is 0. The van der Waals surface area contributed by atoms with Crippen LogP contribution in [-0.4, -0.2) is 45.1 Å². The first kappa shape index (κ1) is 22.0. The van der Waals surface area contributed by atoms with Crippen LogP contribution in [0.2, 0.25) is 0 Å². The third-order valence-corrected chi connectivity index (χ3v) is 5.44. The Bertz CT molecular complexity index is 1230. The summed E-state index contributed by atoms with van der Waals surface area (Å²) in [6, 6.07) is 24.8. The summed E-state index contributed by atoms with van der Waals surface area (Å²) in [4.78, 5) is 31.5. The van der Waals surface area contributed by atoms with Gasteiger partial charge in [-0.05, 0) is 43.2 Å². The number of aryl methyl sites for hydroxylation is 1. The van der Waals surface area contributed by atoms with Gasteiger partial charge in [0.05, 0.1) is 12.2 Å². The van der Waals surface area contributed by atoms with Gasteiger partial charge in [0.2, 0.25) is 11.7 Å². The monoisotopic (exact) mass is 439 g/mol. The first-order chi connectivity index (χ1) is 15.9. The molecule has 0 atom stereocenters. The second-order valence-corrected chi connectivity index (χ2v) is 7.83. The van der Waals surface area contributed by atoms with Gasteiger partial charge < -0.3 is 10.2 Å². The molecule has 0 aliphatic heterocycles. The van der Waals surface area contributed by atoms with Gasteiger partial charge in [-0.2, -0.15) is 0 Å². The van der Waals surface area contributed by atoms with Gasteiger partial charge in [-0.1, -0.05) is 60.7 Å². The average Bonchev–Trinajstić information content (AvgIpc) is 3.28. The van der Waals surface area contributed by atoms with E-state index in [1.165, 1.54) is 4.90 Å². The lowest BCUT2D eigenvalue weighted by atomic mass is 10.1. The van der Waals surface area contributed by atoms with Crippen molar-refractivity contribution in [2.45, 2.75) is 13.8 Å². The molecule has 0 fully saturated rings. The Kier molecular flexibility index (Phi) is 6.31. The zero-order valence-corrected chi connectivity index (χ0v) is 18.8. The van der Waals surface area contributed by atoms with E-state index in [9.17, 15) is 9.59 Å². The number of rotatable bonds is 6. The number of aromatic nitrogens is 3. The van der Waals surface area contributed by atoms with E-state index in [-0.39, 0.29) is 18.3 Å². The van der Waals surface area contributed by atoms with Crippen molar-refractivity contribution >= 4 is 17.5 Å². The molecule has 1 aromatic heterocycles. The molecule has 0 bridgehead atoms. The molecule has 0 radical (unpaired) electrons. The molecule has 4 aromatic rings. The highest BCUT2D eigenvalue weighted by Gasteiger charge is 2.23. The van der Waals surface area contributed by atoms with Crippen LogP contribution in [0, 0.1) is 13.8 Å². The van der Waals surface area contributed by atoms with Crippen LogP contribution in [0.5, 0.6) is 0 Å². The van der Waals surface area contributed by atoms with Crippen molar-refractivity contribution < 1.29 is 9.59 Å². The molecule has 0 saturated heterocycles. The summed E-state index contributed by atoms with van der Waals surface area (Å²) in [7, 11) is 1.57. The van der Waals surface area contributed by atoms with Crippen LogP contribution >= 0.6 is 0 Å². The van der Waals surface area contributed by atoms with E-state index < -0.39 is 5.91 Å². The molecule has 166 valence electrons. The number of carbonyl (C=O) groups excluding carboxylic acids is 2. The molecule has 1 heterocycles. The molecule has 0 aliphatic carbocycles. The fourth-order valence-corrected chi connectivity index (χ4v) is 3.46. The van der Waals surface area contributed by atoms with Gasteiger partial charge in [0.15, 0.2) is 5.82 Å². The Morgan fingerprint density at radius 1 is 0.909 bits per heavy atom. The molecule has 33 heavy (non-hydrogen) atoms. The van der Waals surface area contributed by atoms with E-state index in [1.54, 1.807) is 11.7 Å². The second-order valence-electron chi connectivity index (χ2n) is 7.83. The molecule has 0 spiro atoms. The molecule has 0 saturated carbocycles. The summed E-state index contributed by atoms with van der Waals surface area (Å²) in [5, 5.41) is 7.36. The fourth-order valence-electron chi connectivity index (χ4n) is 3.46. The normalized spacial score (nSPS) is 10.6. The van der Waals surface area contributed by atoms with Crippen molar-refractivity contribution in [3.8, 4) is 17.1 Å². The van der Waals surface area contributed by atoms with Crippen LogP contribution in [-0.2, 0) is 4.79 Å². The van der Waals surface area contributed by atoms with Crippen LogP contribution in [0.15, 0.2) is 78.9 Å². The highest BCUT2D eigenvalue weighted by molar-refractivity contribution is 5.98. The quantitative estimate of drug-likeness (QED) is 0.487. The number of hydrogen-bond acceptors (Lipinski definition) is 4. The Morgan fingerprint density at radius 2 is 1.58 bits per heavy atom. The third-order valence-electron chi connectivity index (χ3n) is 5.44. The molecular weight excluding hydrogens is 414 g/mol. The van der Waals surface area contributed by atoms with E-state index in [2.05, 4.69) is 15.4 Å². The predicted molar refractivity (Wildman–Crippen MR) is 128 cm³/mol. The van der Waals surface area contributed by atoms with E-state index >= 15 is 0 Å². The number of nitrogens with one attached hydrogen (secondary N) is 1. The first-order valence-corrected chi connectivity index (χ1v) is 10.6. The van der Waals surface area contributed by atoms with Crippen LogP contribution in [0.1, 0.15) is 21.7 Å². The van der Waals surface area contributed by atoms with Gasteiger partial charge in [-0.15, -0.1) is 5.10 Å². The predicted octanol–water partition coefficient (Wildman–Crippen LogP) is 4.26. The van der Waals surface area contributed by atoms with Crippen LogP contribution in [0.3, 0.4) is 0 Å². The van der Waals surface area contributed by atoms with Gasteiger partial charge in [0.1, 0.15) is 0 Å². The molecule has 3 aromatic carbocycles. The molecule has 2 amide bonds. The minimum atomic E-state index is -0.432. The molecule has 7 heteroatoms. The standard InChI is InChI=1S/C26H25N5O2/c1-18-11-10-16-22(19(18)2)27-23(32)17-30(3)26(33)24-28-25(20-12-6-4-7-13-20)31(29-24)21-14-8-5-9-15-21/h4-16H,17H2,1-3H3,(H,27,32). The number of para-hydroxylation sites is 1. The Hall–Kier alpha value is -4.26. The number of anilines is 1. The lowest BCUT2D eigenvalue weighted by molar-refractivity contribution is -0.116. The molecule has 0 unspecified atom stereocenters. The minimum Gasteiger partial charge on any atom is -0.330 e. The number of likely N-dealkylation sites (N-methyl/N-ethyl adjacent to an activating group) is 1. The maximum Gasteiger partial charge on any atom is 0.293 e. The maximum absolute atomic E-state index is 13.1. The zero-order valence-electron chi connectivity index (χ0n) is 18.8. The number of hydrogen-bond donors (Lipinski definition) is 1. The number of benzene rings is 3. The molecule has 1 N–H and O–H groups in total. The topological polar surface area (TPSA) is 80.1 Å². The smallest absolute Gasteiger partial charge is 0.293 e. The molecular formula is C26H25N5O2. The maximum atomic E-state index is 13.1. The number of nitrogens with zero attached hydrogens (tertiary/aromatic N) is 4. The summed E-state index contributed by atoms with van der Waals surface area (Å²) < 4.78 is 1.65. The van der Waals surface area contributed by atoms with E-state index in [1.807, 2.05) is 92.7 Å². The molecule has 7 nitrogen and oxygen atoms in total. The average molecular weight is 440 g/mol. The van der Waals surface area contributed by atoms with Crippen molar-refractivity contribution in [2.24, 2.45) is 0 Å². The summed E-state index contributed by atoms with van der Waals surface area (Å²) in [5.74, 6) is -0.138. The second kappa shape index (κ2) is 9.48. The van der Waals surface area contributed by atoms with Crippen molar-refractivity contribution in [3.05, 3.63) is 95.8 Å². The van der Waals surface area contributed by atoms with Crippen molar-refractivity contribution in [1.82, 2.24) is 19.7 Å². The van der Waals surface area contributed by atoms with Crippen LogP contribution in [0.4, 0.5) is 5.69 Å². The van der Waals surface area contributed by atoms with E-state index in [0.29, 0.717) is 5.82 Å². The zero-order chi connectivity index (χ0) is 23.4. The van der Waals surface area contributed by atoms with Gasteiger partial charge in [0.25, 0.3) is 5.91 Å². The largest absolute Gasteiger partial charge is 0.330 e. The molecule has 0 aliphatic rings. The van der Waals surface area contributed by atoms with Gasteiger partial charge in [-0.3, -0.25) is 9.59 Å². The third kappa shape index (κ3) is 4.82. The number of amides is 2. The Labute approximate surface area is 192 Å². The lowest BCUT2D eigenvalue weighted by Crippen LogP contribution is -2.35. The summed E-state index contributed by atoms with van der Waals surface area (Å²) in [6.07, 6.45) is 0. The number of carbonyl (C=O) groups is 2. The van der Waals surface area contributed by atoms with Gasteiger partial charge >= 0.3 is 0 Å². The summed E-state index contributed by atoms with van der Waals surface area (Å²) in [5.41, 5.74) is 4.44. The Morgan fingerprint density at radius 3 is 2.27 bits per heavy atom. The van der Waals surface area contributed by atoms with Crippen molar-refractivity contribution in [3.63, 3.8) is 0 Å². The summed E-state index contributed by atoms with van der Waals surface area (Å²) in [6.45, 7) is 3.82. The first-order valence-electron chi connectivity index (χ1n) is 10.6. The minimum absolute atomic E-state index is 0.0275. The van der Waals surface area contributed by atoms with Crippen molar-refractivity contribution in [1.29, 1.82) is 0 Å². The lowest BCUT2D eigenvalue weighted by Gasteiger charge is -2.16. The van der Waals surface area contributed by atoms with Crippen molar-refractivity contribution in [2.75, 3.05) is 18.9 Å². The van der Waals surface area contributed by atoms with Crippen LogP contribution in [0.25, 0.3) is 17.1 Å². The highest BCUT2D eigenvalue weighted by atomic mass is 16.2. The van der Waals surface area contributed by atoms with Gasteiger partial charge in [0, 0.05) is 18.3 Å². The van der Waals surface area contributed by atoms with E-state index in [0.717, 1.165) is 28.1 Å². The molecule has 4 rings (SSSR count). The Balaban J connectivity index is 1.57. The van der Waals surface area contributed by atoms with Gasteiger partial charge in [-0.25, -0.2) is 9.67 Å². The van der Waals surface area contributed by atoms with Crippen LogP contribution < -0.4 is 5.32 Å². The SMILES string of the molecule is Cc1cccc(NC(=O)CN(C)C(=O)c2nc(-c3ccccc3)n(-c3ccccc3)n2)c1C. The fraction of sp³-hybridized carbons (Fsp3) is 0.154. The van der Waals surface area contributed by atoms with E-state index in [4.69, 9.17) is 0 Å². The highest BCUT2D eigenvalue weighted by Crippen LogP contribution is 2.22.